The van der Waals surface area contributed by atoms with E-state index in [4.69, 9.17) is 19.2 Å². The first-order chi connectivity index (χ1) is 15.8. The highest BCUT2D eigenvalue weighted by atomic mass is 16.5. The molecule has 4 rings (SSSR count). The van der Waals surface area contributed by atoms with E-state index in [0.717, 1.165) is 33.6 Å². The second-order valence-corrected chi connectivity index (χ2v) is 7.21. The topological polar surface area (TPSA) is 40.6 Å². The number of hydrogen-bond donors (Lipinski definition) is 0. The van der Waals surface area contributed by atoms with Crippen LogP contribution in [-0.2, 0) is 13.2 Å². The summed E-state index contributed by atoms with van der Waals surface area (Å²) >= 11 is 0. The average molecular weight is 424 g/mol. The van der Waals surface area contributed by atoms with Crippen molar-refractivity contribution in [1.82, 2.24) is 4.98 Å². The standard InChI is InChI=1S/C28H25NO3/c1-3-23-14-15-24(30-2)18-26(23)25-16-17-27(31-19-21-10-6-4-7-11-21)29-28(25)32-20-22-12-8-5-9-13-22/h3-18H,1,19-20H2,2H3. The number of aromatic nitrogens is 1. The van der Waals surface area contributed by atoms with Crippen LogP contribution in [0.4, 0.5) is 0 Å². The second kappa shape index (κ2) is 10.3. The van der Waals surface area contributed by atoms with Crippen molar-refractivity contribution < 1.29 is 14.2 Å². The lowest BCUT2D eigenvalue weighted by atomic mass is 10.00. The molecule has 4 nitrogen and oxygen atoms in total. The van der Waals surface area contributed by atoms with Crippen LogP contribution in [0.15, 0.2) is 97.6 Å². The lowest BCUT2D eigenvalue weighted by molar-refractivity contribution is 0.268. The fourth-order valence-corrected chi connectivity index (χ4v) is 3.35. The molecule has 1 heterocycles. The van der Waals surface area contributed by atoms with Gasteiger partial charge in [-0.05, 0) is 40.5 Å². The minimum Gasteiger partial charge on any atom is -0.497 e. The monoisotopic (exact) mass is 423 g/mol. The third-order valence-corrected chi connectivity index (χ3v) is 5.05. The van der Waals surface area contributed by atoms with Crippen LogP contribution >= 0.6 is 0 Å². The maximum atomic E-state index is 6.18. The van der Waals surface area contributed by atoms with Crippen LogP contribution in [0.1, 0.15) is 16.7 Å². The number of nitrogens with zero attached hydrogens (tertiary/aromatic N) is 1. The van der Waals surface area contributed by atoms with Gasteiger partial charge in [-0.1, -0.05) is 79.4 Å². The minimum absolute atomic E-state index is 0.399. The van der Waals surface area contributed by atoms with Crippen molar-refractivity contribution in [3.63, 3.8) is 0 Å². The maximum absolute atomic E-state index is 6.18. The van der Waals surface area contributed by atoms with Crippen molar-refractivity contribution in [1.29, 1.82) is 0 Å². The van der Waals surface area contributed by atoms with Crippen LogP contribution in [-0.4, -0.2) is 12.1 Å². The lowest BCUT2D eigenvalue weighted by Gasteiger charge is -2.15. The number of methoxy groups -OCH3 is 1. The molecule has 0 atom stereocenters. The molecular weight excluding hydrogens is 398 g/mol. The Morgan fingerprint density at radius 2 is 1.41 bits per heavy atom. The van der Waals surface area contributed by atoms with Crippen molar-refractivity contribution in [2.75, 3.05) is 7.11 Å². The summed E-state index contributed by atoms with van der Waals surface area (Å²) in [6.07, 6.45) is 1.82. The van der Waals surface area contributed by atoms with Gasteiger partial charge in [0.1, 0.15) is 19.0 Å². The lowest BCUT2D eigenvalue weighted by Crippen LogP contribution is -2.03. The molecule has 0 spiro atoms. The Hall–Kier alpha value is -4.05. The van der Waals surface area contributed by atoms with Gasteiger partial charge in [-0.25, -0.2) is 0 Å². The largest absolute Gasteiger partial charge is 0.497 e. The molecule has 1 aromatic heterocycles. The molecule has 3 aromatic carbocycles. The Morgan fingerprint density at radius 1 is 0.750 bits per heavy atom. The van der Waals surface area contributed by atoms with Gasteiger partial charge in [0, 0.05) is 11.6 Å². The molecule has 0 fully saturated rings. The molecule has 0 bridgehead atoms. The molecule has 0 radical (unpaired) electrons. The molecule has 0 saturated carbocycles. The summed E-state index contributed by atoms with van der Waals surface area (Å²) in [6, 6.07) is 29.7. The van der Waals surface area contributed by atoms with Crippen molar-refractivity contribution >= 4 is 6.08 Å². The average Bonchev–Trinajstić information content (AvgIpc) is 2.87. The predicted octanol–water partition coefficient (Wildman–Crippen LogP) is 6.56. The molecule has 4 aromatic rings. The van der Waals surface area contributed by atoms with E-state index in [1.165, 1.54) is 0 Å². The zero-order valence-electron chi connectivity index (χ0n) is 18.0. The van der Waals surface area contributed by atoms with E-state index in [-0.39, 0.29) is 0 Å². The molecule has 0 aliphatic rings. The highest BCUT2D eigenvalue weighted by molar-refractivity contribution is 5.79. The molecular formula is C28H25NO3. The number of ether oxygens (including phenoxy) is 3. The highest BCUT2D eigenvalue weighted by Gasteiger charge is 2.15. The molecule has 0 N–H and O–H groups in total. The summed E-state index contributed by atoms with van der Waals surface area (Å²) in [4.78, 5) is 4.69. The fraction of sp³-hybridized carbons (Fsp3) is 0.107. The molecule has 4 heteroatoms. The Bertz CT molecular complexity index is 1170. The Morgan fingerprint density at radius 3 is 2.03 bits per heavy atom. The Kier molecular flexibility index (Phi) is 6.83. The third kappa shape index (κ3) is 5.16. The maximum Gasteiger partial charge on any atom is 0.225 e. The van der Waals surface area contributed by atoms with Gasteiger partial charge in [-0.3, -0.25) is 0 Å². The normalized spacial score (nSPS) is 10.4. The molecule has 0 unspecified atom stereocenters. The van der Waals surface area contributed by atoms with E-state index in [1.807, 2.05) is 97.1 Å². The minimum atomic E-state index is 0.399. The molecule has 0 aliphatic carbocycles. The van der Waals surface area contributed by atoms with Crippen LogP contribution in [0.2, 0.25) is 0 Å². The molecule has 0 aliphatic heterocycles. The van der Waals surface area contributed by atoms with Crippen molar-refractivity contribution in [2.45, 2.75) is 13.2 Å². The van der Waals surface area contributed by atoms with Gasteiger partial charge in [0.2, 0.25) is 11.8 Å². The first-order valence-electron chi connectivity index (χ1n) is 10.4. The van der Waals surface area contributed by atoms with E-state index in [9.17, 15) is 0 Å². The SMILES string of the molecule is C=Cc1ccc(OC)cc1-c1ccc(OCc2ccccc2)nc1OCc1ccccc1. The fourth-order valence-electron chi connectivity index (χ4n) is 3.35. The van der Waals surface area contributed by atoms with Gasteiger partial charge in [-0.2, -0.15) is 4.98 Å². The number of benzene rings is 3. The molecule has 0 saturated heterocycles. The third-order valence-electron chi connectivity index (χ3n) is 5.05. The van der Waals surface area contributed by atoms with E-state index >= 15 is 0 Å². The number of pyridine rings is 1. The van der Waals surface area contributed by atoms with E-state index < -0.39 is 0 Å². The van der Waals surface area contributed by atoms with Crippen LogP contribution in [0.3, 0.4) is 0 Å². The summed E-state index contributed by atoms with van der Waals surface area (Å²) in [5.41, 5.74) is 4.89. The molecule has 0 amide bonds. The van der Waals surface area contributed by atoms with Crippen LogP contribution in [0.5, 0.6) is 17.5 Å². The van der Waals surface area contributed by atoms with E-state index in [0.29, 0.717) is 25.0 Å². The Balaban J connectivity index is 1.67. The Labute approximate surface area is 188 Å². The van der Waals surface area contributed by atoms with E-state index in [2.05, 4.69) is 6.58 Å². The van der Waals surface area contributed by atoms with Gasteiger partial charge in [0.25, 0.3) is 0 Å². The van der Waals surface area contributed by atoms with Gasteiger partial charge < -0.3 is 14.2 Å². The summed E-state index contributed by atoms with van der Waals surface area (Å²) in [7, 11) is 1.65. The van der Waals surface area contributed by atoms with Gasteiger partial charge in [-0.15, -0.1) is 0 Å². The zero-order chi connectivity index (χ0) is 22.2. The smallest absolute Gasteiger partial charge is 0.225 e. The molecule has 160 valence electrons. The van der Waals surface area contributed by atoms with Crippen LogP contribution in [0, 0.1) is 0 Å². The number of hydrogen-bond acceptors (Lipinski definition) is 4. The first-order valence-corrected chi connectivity index (χ1v) is 10.4. The van der Waals surface area contributed by atoms with Crippen LogP contribution < -0.4 is 14.2 Å². The summed E-state index contributed by atoms with van der Waals surface area (Å²) in [5.74, 6) is 1.75. The summed E-state index contributed by atoms with van der Waals surface area (Å²) < 4.78 is 17.6. The van der Waals surface area contributed by atoms with Crippen LogP contribution in [0.25, 0.3) is 17.2 Å². The van der Waals surface area contributed by atoms with Crippen molar-refractivity contribution in [3.05, 3.63) is 114 Å². The van der Waals surface area contributed by atoms with Gasteiger partial charge in [0.05, 0.1) is 7.11 Å². The van der Waals surface area contributed by atoms with Crippen molar-refractivity contribution in [2.24, 2.45) is 0 Å². The zero-order valence-corrected chi connectivity index (χ0v) is 18.0. The first kappa shape index (κ1) is 21.2. The van der Waals surface area contributed by atoms with Crippen molar-refractivity contribution in [3.8, 4) is 28.6 Å². The molecule has 32 heavy (non-hydrogen) atoms. The summed E-state index contributed by atoms with van der Waals surface area (Å²) in [6.45, 7) is 4.78. The summed E-state index contributed by atoms with van der Waals surface area (Å²) in [5, 5.41) is 0. The number of rotatable bonds is 9. The second-order valence-electron chi connectivity index (χ2n) is 7.21. The predicted molar refractivity (Wildman–Crippen MR) is 128 cm³/mol. The van der Waals surface area contributed by atoms with Gasteiger partial charge in [0.15, 0.2) is 0 Å². The van der Waals surface area contributed by atoms with E-state index in [1.54, 1.807) is 7.11 Å². The quantitative estimate of drug-likeness (QED) is 0.306. The van der Waals surface area contributed by atoms with Gasteiger partial charge >= 0.3 is 0 Å². The highest BCUT2D eigenvalue weighted by Crippen LogP contribution is 2.36.